The third-order valence-corrected chi connectivity index (χ3v) is 4.01. The van der Waals surface area contributed by atoms with Gasteiger partial charge in [0.25, 0.3) is 0 Å². The molecule has 1 N–H and O–H groups in total. The number of nitrogens with zero attached hydrogens (tertiary/aromatic N) is 5. The summed E-state index contributed by atoms with van der Waals surface area (Å²) < 4.78 is 3.73. The molecule has 0 bridgehead atoms. The van der Waals surface area contributed by atoms with Crippen LogP contribution in [0.2, 0.25) is 0 Å². The van der Waals surface area contributed by atoms with E-state index in [2.05, 4.69) is 25.2 Å². The zero-order valence-electron chi connectivity index (χ0n) is 12.0. The van der Waals surface area contributed by atoms with Crippen molar-refractivity contribution in [1.82, 2.24) is 29.9 Å². The number of aromatic nitrogens is 5. The molecule has 0 saturated carbocycles. The Balaban J connectivity index is 1.43. The maximum absolute atomic E-state index is 12.2. The molecule has 0 unspecified atom stereocenters. The van der Waals surface area contributed by atoms with Crippen LogP contribution in [-0.4, -0.2) is 36.5 Å². The lowest BCUT2D eigenvalue weighted by Crippen LogP contribution is -2.42. The Morgan fingerprint density at radius 3 is 3.23 bits per heavy atom. The number of para-hydroxylation sites is 1. The van der Waals surface area contributed by atoms with Crippen LogP contribution in [-0.2, 0) is 24.3 Å². The highest BCUT2D eigenvalue weighted by molar-refractivity contribution is 5.79. The molecule has 1 aromatic carbocycles. The molecule has 0 spiro atoms. The molecule has 3 aromatic rings. The topological polar surface area (TPSA) is 77.6 Å². The van der Waals surface area contributed by atoms with Crippen molar-refractivity contribution in [3.05, 3.63) is 42.5 Å². The molecule has 3 heterocycles. The summed E-state index contributed by atoms with van der Waals surface area (Å²) in [6.45, 7) is 0.965. The second kappa shape index (κ2) is 5.25. The molecule has 22 heavy (non-hydrogen) atoms. The average molecular weight is 296 g/mol. The van der Waals surface area contributed by atoms with E-state index in [1.807, 2.05) is 30.5 Å². The van der Waals surface area contributed by atoms with Crippen molar-refractivity contribution in [2.75, 3.05) is 0 Å². The first-order chi connectivity index (χ1) is 10.8. The third-order valence-electron chi connectivity index (χ3n) is 4.01. The van der Waals surface area contributed by atoms with Crippen LogP contribution in [0.4, 0.5) is 0 Å². The fourth-order valence-corrected chi connectivity index (χ4v) is 2.93. The Kier molecular flexibility index (Phi) is 3.10. The summed E-state index contributed by atoms with van der Waals surface area (Å²) in [6.07, 6.45) is 5.57. The first-order valence-electron chi connectivity index (χ1n) is 7.37. The van der Waals surface area contributed by atoms with Crippen molar-refractivity contribution < 1.29 is 4.79 Å². The Morgan fingerprint density at radius 2 is 2.27 bits per heavy atom. The van der Waals surface area contributed by atoms with E-state index >= 15 is 0 Å². The number of rotatable bonds is 3. The summed E-state index contributed by atoms with van der Waals surface area (Å²) in [5.41, 5.74) is 1.68. The van der Waals surface area contributed by atoms with Crippen molar-refractivity contribution in [3.63, 3.8) is 0 Å². The predicted octanol–water partition coefficient (Wildman–Crippen LogP) is 0.759. The van der Waals surface area contributed by atoms with Crippen molar-refractivity contribution in [1.29, 1.82) is 0 Å². The molecule has 0 radical (unpaired) electrons. The summed E-state index contributed by atoms with van der Waals surface area (Å²) in [5, 5.41) is 11.2. The highest BCUT2D eigenvalue weighted by atomic mass is 16.2. The molecular formula is C15H16N6O. The highest BCUT2D eigenvalue weighted by Crippen LogP contribution is 2.13. The molecule has 2 aromatic heterocycles. The first kappa shape index (κ1) is 13.0. The maximum atomic E-state index is 12.2. The lowest BCUT2D eigenvalue weighted by atomic mass is 10.1. The Bertz CT molecular complexity index is 820. The number of hydrogen-bond acceptors (Lipinski definition) is 4. The van der Waals surface area contributed by atoms with Gasteiger partial charge in [0.1, 0.15) is 17.9 Å². The van der Waals surface area contributed by atoms with Gasteiger partial charge in [-0.2, -0.15) is 0 Å². The van der Waals surface area contributed by atoms with Gasteiger partial charge in [-0.15, -0.1) is 5.10 Å². The summed E-state index contributed by atoms with van der Waals surface area (Å²) in [4.78, 5) is 16.5. The monoisotopic (exact) mass is 296 g/mol. The predicted molar refractivity (Wildman–Crippen MR) is 80.0 cm³/mol. The number of carbonyl (C=O) groups is 1. The minimum atomic E-state index is -0.0378. The van der Waals surface area contributed by atoms with Crippen LogP contribution in [0, 0.1) is 0 Å². The molecular weight excluding hydrogens is 280 g/mol. The summed E-state index contributed by atoms with van der Waals surface area (Å²) in [5.74, 6) is 1.05. The van der Waals surface area contributed by atoms with Crippen LogP contribution in [0.1, 0.15) is 12.2 Å². The van der Waals surface area contributed by atoms with Gasteiger partial charge in [-0.3, -0.25) is 4.79 Å². The quantitative estimate of drug-likeness (QED) is 0.774. The van der Waals surface area contributed by atoms with E-state index in [0.717, 1.165) is 36.2 Å². The first-order valence-corrected chi connectivity index (χ1v) is 7.37. The Labute approximate surface area is 126 Å². The highest BCUT2D eigenvalue weighted by Gasteiger charge is 2.20. The number of fused-ring (bicyclic) bond motifs is 2. The van der Waals surface area contributed by atoms with Gasteiger partial charge in [0.2, 0.25) is 5.91 Å². The molecule has 1 amide bonds. The molecule has 1 atom stereocenters. The van der Waals surface area contributed by atoms with Gasteiger partial charge in [-0.1, -0.05) is 17.3 Å². The van der Waals surface area contributed by atoms with E-state index in [9.17, 15) is 4.79 Å². The molecule has 1 aliphatic rings. The number of imidazole rings is 1. The molecule has 0 saturated heterocycles. The SMILES string of the molecule is O=C(Cn1nnc2ccccc21)N[C@H]1CCc2nccn2C1. The number of benzene rings is 1. The molecule has 0 aliphatic carbocycles. The van der Waals surface area contributed by atoms with Crippen molar-refractivity contribution in [3.8, 4) is 0 Å². The fraction of sp³-hybridized carbons (Fsp3) is 0.333. The molecule has 7 heteroatoms. The van der Waals surface area contributed by atoms with Gasteiger partial charge < -0.3 is 9.88 Å². The van der Waals surface area contributed by atoms with E-state index in [1.54, 1.807) is 10.9 Å². The smallest absolute Gasteiger partial charge is 0.242 e. The lowest BCUT2D eigenvalue weighted by molar-refractivity contribution is -0.122. The molecule has 1 aliphatic heterocycles. The number of hydrogen-bond donors (Lipinski definition) is 1. The number of amides is 1. The van der Waals surface area contributed by atoms with Gasteiger partial charge in [-0.05, 0) is 18.6 Å². The molecule has 7 nitrogen and oxygen atoms in total. The Hall–Kier alpha value is -2.70. The minimum absolute atomic E-state index is 0.0378. The van der Waals surface area contributed by atoms with Gasteiger partial charge >= 0.3 is 0 Å². The van der Waals surface area contributed by atoms with E-state index in [4.69, 9.17) is 0 Å². The molecule has 4 rings (SSSR count). The third kappa shape index (κ3) is 2.34. The van der Waals surface area contributed by atoms with Crippen molar-refractivity contribution >= 4 is 16.9 Å². The van der Waals surface area contributed by atoms with Crippen molar-refractivity contribution in [2.45, 2.75) is 32.0 Å². The minimum Gasteiger partial charge on any atom is -0.350 e. The second-order valence-corrected chi connectivity index (χ2v) is 5.53. The zero-order valence-corrected chi connectivity index (χ0v) is 12.0. The summed E-state index contributed by atoms with van der Waals surface area (Å²) in [6, 6.07) is 7.77. The number of aryl methyl sites for hydroxylation is 1. The largest absolute Gasteiger partial charge is 0.350 e. The van der Waals surface area contributed by atoms with Crippen LogP contribution >= 0.6 is 0 Å². The summed E-state index contributed by atoms with van der Waals surface area (Å²) >= 11 is 0. The average Bonchev–Trinajstić information content (AvgIpc) is 3.14. The normalized spacial score (nSPS) is 17.4. The zero-order chi connectivity index (χ0) is 14.9. The van der Waals surface area contributed by atoms with Crippen LogP contribution in [0.15, 0.2) is 36.7 Å². The van der Waals surface area contributed by atoms with Crippen LogP contribution in [0.5, 0.6) is 0 Å². The Morgan fingerprint density at radius 1 is 1.36 bits per heavy atom. The van der Waals surface area contributed by atoms with E-state index in [-0.39, 0.29) is 18.5 Å². The van der Waals surface area contributed by atoms with Gasteiger partial charge in [-0.25, -0.2) is 9.67 Å². The van der Waals surface area contributed by atoms with Crippen LogP contribution < -0.4 is 5.32 Å². The van der Waals surface area contributed by atoms with E-state index < -0.39 is 0 Å². The standard InChI is InChI=1S/C15H16N6O/c22-15(10-21-13-4-2-1-3-12(13)18-19-21)17-11-5-6-14-16-7-8-20(14)9-11/h1-4,7-8,11H,5-6,9-10H2,(H,17,22)/t11-/m0/s1. The van der Waals surface area contributed by atoms with E-state index in [1.165, 1.54) is 0 Å². The number of nitrogens with one attached hydrogen (secondary N) is 1. The fourth-order valence-electron chi connectivity index (χ4n) is 2.93. The molecule has 0 fully saturated rings. The van der Waals surface area contributed by atoms with Crippen LogP contribution in [0.25, 0.3) is 11.0 Å². The lowest BCUT2D eigenvalue weighted by Gasteiger charge is -2.24. The number of carbonyl (C=O) groups excluding carboxylic acids is 1. The maximum Gasteiger partial charge on any atom is 0.242 e. The van der Waals surface area contributed by atoms with Gasteiger partial charge in [0.15, 0.2) is 0 Å². The van der Waals surface area contributed by atoms with Crippen LogP contribution in [0.3, 0.4) is 0 Å². The molecule has 112 valence electrons. The van der Waals surface area contributed by atoms with E-state index in [0.29, 0.717) is 0 Å². The van der Waals surface area contributed by atoms with Crippen molar-refractivity contribution in [2.24, 2.45) is 0 Å². The summed E-state index contributed by atoms with van der Waals surface area (Å²) in [7, 11) is 0. The van der Waals surface area contributed by atoms with Gasteiger partial charge in [0.05, 0.1) is 5.52 Å². The van der Waals surface area contributed by atoms with Gasteiger partial charge in [0, 0.05) is 31.4 Å². The second-order valence-electron chi connectivity index (χ2n) is 5.53.